The molecule has 39 heavy (non-hydrogen) atoms. The molecule has 0 fully saturated rings. The molecule has 13 heteroatoms. The first-order valence-corrected chi connectivity index (χ1v) is 11.9. The van der Waals surface area contributed by atoms with Crippen molar-refractivity contribution < 1.29 is 35.9 Å². The summed E-state index contributed by atoms with van der Waals surface area (Å²) < 4.78 is 80.5. The Balaban J connectivity index is 1.52. The maximum atomic E-state index is 13.8. The number of hydrogen-bond donors (Lipinski definition) is 4. The third-order valence-electron chi connectivity index (χ3n) is 5.56. The Morgan fingerprint density at radius 1 is 0.667 bits per heavy atom. The van der Waals surface area contributed by atoms with Crippen LogP contribution in [-0.2, 0) is 22.4 Å². The molecule has 0 spiro atoms. The zero-order valence-electron chi connectivity index (χ0n) is 20.1. The molecule has 0 heterocycles. The summed E-state index contributed by atoms with van der Waals surface area (Å²) in [7, 11) is 0. The van der Waals surface area contributed by atoms with Gasteiger partial charge in [0.25, 0.3) is 0 Å². The highest BCUT2D eigenvalue weighted by Crippen LogP contribution is 2.26. The summed E-state index contributed by atoms with van der Waals surface area (Å²) in [6, 6.07) is 4.52. The van der Waals surface area contributed by atoms with Gasteiger partial charge in [-0.25, -0.2) is 26.3 Å². The Hall–Kier alpha value is -3.61. The van der Waals surface area contributed by atoms with E-state index >= 15 is 0 Å². The summed E-state index contributed by atoms with van der Waals surface area (Å²) in [5.41, 5.74) is 11.8. The summed E-state index contributed by atoms with van der Waals surface area (Å²) in [6.45, 7) is 0. The Labute approximate surface area is 224 Å². The van der Waals surface area contributed by atoms with Gasteiger partial charge in [-0.1, -0.05) is 11.6 Å². The highest BCUT2D eigenvalue weighted by Gasteiger charge is 2.18. The van der Waals surface area contributed by atoms with Gasteiger partial charge in [0.05, 0.1) is 10.7 Å². The van der Waals surface area contributed by atoms with Gasteiger partial charge in [0.15, 0.2) is 23.3 Å². The molecule has 0 saturated carbocycles. The van der Waals surface area contributed by atoms with Crippen molar-refractivity contribution in [2.24, 2.45) is 11.5 Å². The van der Waals surface area contributed by atoms with Crippen LogP contribution in [0.1, 0.15) is 24.0 Å². The predicted octanol–water partition coefficient (Wildman–Crippen LogP) is 4.97. The highest BCUT2D eigenvalue weighted by molar-refractivity contribution is 6.34. The Kier molecular flexibility index (Phi) is 9.95. The Bertz CT molecular complexity index is 1390. The average molecular weight is 573 g/mol. The van der Waals surface area contributed by atoms with Crippen LogP contribution in [0.2, 0.25) is 5.02 Å². The van der Waals surface area contributed by atoms with E-state index in [1.54, 1.807) is 0 Å². The lowest BCUT2D eigenvalue weighted by Crippen LogP contribution is -2.30. The third kappa shape index (κ3) is 8.44. The maximum Gasteiger partial charge on any atom is 0.225 e. The topological polar surface area (TPSA) is 110 Å². The number of hydrogen-bond acceptors (Lipinski definition) is 4. The van der Waals surface area contributed by atoms with Crippen LogP contribution in [-0.4, -0.2) is 23.9 Å². The van der Waals surface area contributed by atoms with Crippen LogP contribution < -0.4 is 22.1 Å². The van der Waals surface area contributed by atoms with Gasteiger partial charge in [0, 0.05) is 42.7 Å². The first kappa shape index (κ1) is 29.9. The SMILES string of the molecule is N[C@H](CC(=O)Nc1ccc(NC(=O)C[C@H](N)Cc2cc(F)c(F)cc2F)cc1Cl)Cc1cc(F)c(F)cc1F. The van der Waals surface area contributed by atoms with Crippen LogP contribution in [0.25, 0.3) is 0 Å². The van der Waals surface area contributed by atoms with Gasteiger partial charge in [-0.05, 0) is 54.3 Å². The van der Waals surface area contributed by atoms with Gasteiger partial charge in [-0.3, -0.25) is 9.59 Å². The van der Waals surface area contributed by atoms with E-state index in [9.17, 15) is 35.9 Å². The van der Waals surface area contributed by atoms with Gasteiger partial charge >= 0.3 is 0 Å². The molecule has 0 saturated heterocycles. The number of nitrogens with two attached hydrogens (primary N) is 2. The molecule has 2 atom stereocenters. The van der Waals surface area contributed by atoms with Crippen molar-refractivity contribution in [3.8, 4) is 0 Å². The Morgan fingerprint density at radius 3 is 1.56 bits per heavy atom. The molecule has 6 N–H and O–H groups in total. The van der Waals surface area contributed by atoms with Crippen LogP contribution in [0.4, 0.5) is 37.7 Å². The van der Waals surface area contributed by atoms with Gasteiger partial charge in [0.2, 0.25) is 11.8 Å². The fourth-order valence-electron chi connectivity index (χ4n) is 3.73. The molecule has 0 radical (unpaired) electrons. The molecule has 3 rings (SSSR count). The summed E-state index contributed by atoms with van der Waals surface area (Å²) in [4.78, 5) is 24.6. The van der Waals surface area contributed by atoms with Crippen LogP contribution in [0.3, 0.4) is 0 Å². The zero-order valence-corrected chi connectivity index (χ0v) is 20.9. The molecule has 3 aromatic rings. The molecule has 0 aliphatic carbocycles. The number of amides is 2. The summed E-state index contributed by atoms with van der Waals surface area (Å²) in [5, 5.41) is 5.09. The standard InChI is InChI=1S/C26H23ClF6N4O2/c27-17-9-16(36-25(38)7-14(34)3-12-5-20(30)22(32)10-18(12)28)1-2-24(17)37-26(39)8-15(35)4-13-6-21(31)23(33)11-19(13)29/h1-2,5-6,9-11,14-15H,3-4,7-8,34-35H2,(H,36,38)(H,37,39)/t14-,15+/m1/s1. The number of nitrogens with one attached hydrogen (secondary N) is 2. The molecule has 0 unspecified atom stereocenters. The third-order valence-corrected chi connectivity index (χ3v) is 5.88. The molecular formula is C26H23ClF6N4O2. The number of carbonyl (C=O) groups excluding carboxylic acids is 2. The molecular weight excluding hydrogens is 550 g/mol. The van der Waals surface area contributed by atoms with Gasteiger partial charge in [0.1, 0.15) is 11.6 Å². The fraction of sp³-hybridized carbons (Fsp3) is 0.231. The first-order valence-electron chi connectivity index (χ1n) is 11.5. The normalized spacial score (nSPS) is 12.6. The summed E-state index contributed by atoms with van der Waals surface area (Å²) in [6.07, 6.45) is -0.998. The lowest BCUT2D eigenvalue weighted by Gasteiger charge is -2.15. The molecule has 208 valence electrons. The first-order chi connectivity index (χ1) is 18.3. The minimum Gasteiger partial charge on any atom is -0.327 e. The average Bonchev–Trinajstić information content (AvgIpc) is 2.82. The summed E-state index contributed by atoms with van der Waals surface area (Å²) >= 11 is 6.18. The quantitative estimate of drug-likeness (QED) is 0.203. The van der Waals surface area contributed by atoms with Crippen LogP contribution in [0.5, 0.6) is 0 Å². The zero-order chi connectivity index (χ0) is 28.9. The van der Waals surface area contributed by atoms with Crippen LogP contribution in [0, 0.1) is 34.9 Å². The van der Waals surface area contributed by atoms with Crippen molar-refractivity contribution in [3.63, 3.8) is 0 Å². The van der Waals surface area contributed by atoms with Gasteiger partial charge in [-0.15, -0.1) is 0 Å². The maximum absolute atomic E-state index is 13.8. The van der Waals surface area contributed by atoms with Gasteiger partial charge < -0.3 is 22.1 Å². The molecule has 0 aliphatic heterocycles. The molecule has 0 aliphatic rings. The number of anilines is 2. The van der Waals surface area contributed by atoms with E-state index in [1.807, 2.05) is 0 Å². The lowest BCUT2D eigenvalue weighted by atomic mass is 10.0. The minimum absolute atomic E-state index is 0.0505. The number of rotatable bonds is 10. The van der Waals surface area contributed by atoms with E-state index in [0.717, 1.165) is 0 Å². The van der Waals surface area contributed by atoms with E-state index < -0.39 is 58.8 Å². The number of halogens is 7. The van der Waals surface area contributed by atoms with Crippen LogP contribution in [0.15, 0.2) is 42.5 Å². The van der Waals surface area contributed by atoms with E-state index in [0.29, 0.717) is 24.3 Å². The van der Waals surface area contributed by atoms with Crippen molar-refractivity contribution in [3.05, 3.63) is 93.5 Å². The second kappa shape index (κ2) is 13.0. The predicted molar refractivity (Wildman–Crippen MR) is 134 cm³/mol. The smallest absolute Gasteiger partial charge is 0.225 e. The monoisotopic (exact) mass is 572 g/mol. The van der Waals surface area contributed by atoms with Crippen molar-refractivity contribution in [1.29, 1.82) is 0 Å². The molecule has 2 amide bonds. The largest absolute Gasteiger partial charge is 0.327 e. The molecule has 6 nitrogen and oxygen atoms in total. The van der Waals surface area contributed by atoms with Crippen molar-refractivity contribution in [2.75, 3.05) is 10.6 Å². The van der Waals surface area contributed by atoms with E-state index in [4.69, 9.17) is 23.1 Å². The van der Waals surface area contributed by atoms with Crippen molar-refractivity contribution in [2.45, 2.75) is 37.8 Å². The molecule has 0 aromatic heterocycles. The van der Waals surface area contributed by atoms with E-state index in [2.05, 4.69) is 10.6 Å². The van der Waals surface area contributed by atoms with E-state index in [-0.39, 0.29) is 53.2 Å². The van der Waals surface area contributed by atoms with E-state index in [1.165, 1.54) is 18.2 Å². The second-order valence-corrected chi connectivity index (χ2v) is 9.25. The number of benzene rings is 3. The van der Waals surface area contributed by atoms with Crippen LogP contribution >= 0.6 is 11.6 Å². The number of carbonyl (C=O) groups is 2. The highest BCUT2D eigenvalue weighted by atomic mass is 35.5. The van der Waals surface area contributed by atoms with Crippen molar-refractivity contribution >= 4 is 34.8 Å². The molecule has 0 bridgehead atoms. The van der Waals surface area contributed by atoms with Gasteiger partial charge in [-0.2, -0.15) is 0 Å². The summed E-state index contributed by atoms with van der Waals surface area (Å²) in [5.74, 6) is -8.25. The molecule has 3 aromatic carbocycles. The fourth-order valence-corrected chi connectivity index (χ4v) is 3.96. The lowest BCUT2D eigenvalue weighted by molar-refractivity contribution is -0.117. The van der Waals surface area contributed by atoms with Crippen molar-refractivity contribution in [1.82, 2.24) is 0 Å². The Morgan fingerprint density at radius 2 is 1.10 bits per heavy atom. The second-order valence-electron chi connectivity index (χ2n) is 8.84. The minimum atomic E-state index is -1.34.